The Bertz CT molecular complexity index is 478. The Morgan fingerprint density at radius 2 is 2.00 bits per heavy atom. The molecule has 0 atom stereocenters. The second-order valence-electron chi connectivity index (χ2n) is 2.72. The molecular formula is C8H7IO4S. The Hall–Kier alpha value is -0.630. The van der Waals surface area contributed by atoms with E-state index in [9.17, 15) is 13.2 Å². The summed E-state index contributed by atoms with van der Waals surface area (Å²) in [7, 11) is -3.27. The summed E-state index contributed by atoms with van der Waals surface area (Å²) in [6.45, 7) is 0. The number of aromatic carboxylic acids is 1. The monoisotopic (exact) mass is 326 g/mol. The van der Waals surface area contributed by atoms with Gasteiger partial charge in [0.05, 0.1) is 10.5 Å². The number of hydrogen-bond donors (Lipinski definition) is 1. The fourth-order valence-electron chi connectivity index (χ4n) is 0.900. The SMILES string of the molecule is CS(=O)(=O)c1ccc(C(=O)O)c(I)c1. The van der Waals surface area contributed by atoms with Crippen molar-refractivity contribution in [3.63, 3.8) is 0 Å². The van der Waals surface area contributed by atoms with Gasteiger partial charge in [-0.15, -0.1) is 0 Å². The van der Waals surface area contributed by atoms with Crippen LogP contribution in [0, 0.1) is 3.57 Å². The molecule has 0 saturated carbocycles. The van der Waals surface area contributed by atoms with Gasteiger partial charge in [0, 0.05) is 9.83 Å². The first kappa shape index (κ1) is 11.4. The zero-order valence-electron chi connectivity index (χ0n) is 7.19. The second-order valence-corrected chi connectivity index (χ2v) is 5.90. The van der Waals surface area contributed by atoms with Gasteiger partial charge in [-0.2, -0.15) is 0 Å². The van der Waals surface area contributed by atoms with E-state index in [0.29, 0.717) is 3.57 Å². The van der Waals surface area contributed by atoms with Gasteiger partial charge in [-0.3, -0.25) is 0 Å². The van der Waals surface area contributed by atoms with E-state index < -0.39 is 15.8 Å². The normalized spacial score (nSPS) is 11.3. The highest BCUT2D eigenvalue weighted by Crippen LogP contribution is 2.17. The number of carboxylic acid groups (broad SMARTS) is 1. The van der Waals surface area contributed by atoms with Gasteiger partial charge in [0.2, 0.25) is 0 Å². The summed E-state index contributed by atoms with van der Waals surface area (Å²) < 4.78 is 22.6. The average molecular weight is 326 g/mol. The standard InChI is InChI=1S/C8H7IO4S/c1-14(12,13)5-2-3-6(8(10)11)7(9)4-5/h2-4H,1H3,(H,10,11). The molecule has 0 aliphatic heterocycles. The molecule has 4 nitrogen and oxygen atoms in total. The minimum absolute atomic E-state index is 0.109. The van der Waals surface area contributed by atoms with E-state index in [1.807, 2.05) is 0 Å². The summed E-state index contributed by atoms with van der Waals surface area (Å²) in [6.07, 6.45) is 1.08. The lowest BCUT2D eigenvalue weighted by atomic mass is 10.2. The van der Waals surface area contributed by atoms with Gasteiger partial charge in [0.15, 0.2) is 9.84 Å². The zero-order chi connectivity index (χ0) is 10.9. The summed E-state index contributed by atoms with van der Waals surface area (Å²) in [5.41, 5.74) is 0.109. The summed E-state index contributed by atoms with van der Waals surface area (Å²) >= 11 is 1.80. The zero-order valence-corrected chi connectivity index (χ0v) is 10.2. The van der Waals surface area contributed by atoms with Crippen LogP contribution in [0.25, 0.3) is 0 Å². The number of carboxylic acids is 1. The van der Waals surface area contributed by atoms with Crippen LogP contribution in [0.2, 0.25) is 0 Å². The molecule has 1 rings (SSSR count). The van der Waals surface area contributed by atoms with E-state index in [1.165, 1.54) is 18.2 Å². The lowest BCUT2D eigenvalue weighted by Gasteiger charge is -2.01. The predicted octanol–water partition coefficient (Wildman–Crippen LogP) is 1.39. The molecule has 76 valence electrons. The van der Waals surface area contributed by atoms with Crippen molar-refractivity contribution in [2.75, 3.05) is 6.26 Å². The van der Waals surface area contributed by atoms with Crippen LogP contribution in [0.5, 0.6) is 0 Å². The molecule has 0 aliphatic carbocycles. The highest BCUT2D eigenvalue weighted by molar-refractivity contribution is 14.1. The van der Waals surface area contributed by atoms with E-state index >= 15 is 0 Å². The summed E-state index contributed by atoms with van der Waals surface area (Å²) in [5, 5.41) is 8.71. The summed E-state index contributed by atoms with van der Waals surface area (Å²) in [5.74, 6) is -1.06. The minimum atomic E-state index is -3.27. The van der Waals surface area contributed by atoms with Gasteiger partial charge in [-0.1, -0.05) is 0 Å². The molecule has 0 aromatic heterocycles. The Kier molecular flexibility index (Phi) is 3.15. The Morgan fingerprint density at radius 1 is 1.43 bits per heavy atom. The number of halogens is 1. The van der Waals surface area contributed by atoms with Crippen molar-refractivity contribution in [3.8, 4) is 0 Å². The minimum Gasteiger partial charge on any atom is -0.478 e. The Labute approximate surface area is 95.0 Å². The summed E-state index contributed by atoms with van der Waals surface area (Å²) in [6, 6.07) is 3.93. The third-order valence-corrected chi connectivity index (χ3v) is 3.60. The first-order chi connectivity index (χ1) is 6.32. The first-order valence-corrected chi connectivity index (χ1v) is 6.52. The fourth-order valence-corrected chi connectivity index (χ4v) is 2.50. The van der Waals surface area contributed by atoms with E-state index in [4.69, 9.17) is 5.11 Å². The molecule has 14 heavy (non-hydrogen) atoms. The van der Waals surface area contributed by atoms with Crippen LogP contribution < -0.4 is 0 Å². The molecule has 0 aliphatic rings. The van der Waals surface area contributed by atoms with Gasteiger partial charge in [0.1, 0.15) is 0 Å². The predicted molar refractivity (Wildman–Crippen MR) is 59.2 cm³/mol. The lowest BCUT2D eigenvalue weighted by Crippen LogP contribution is -2.03. The average Bonchev–Trinajstić information content (AvgIpc) is 2.01. The first-order valence-electron chi connectivity index (χ1n) is 3.55. The molecule has 0 unspecified atom stereocenters. The molecule has 0 spiro atoms. The molecule has 0 heterocycles. The number of benzene rings is 1. The fraction of sp³-hybridized carbons (Fsp3) is 0.125. The van der Waals surface area contributed by atoms with Crippen LogP contribution in [0.15, 0.2) is 23.1 Å². The van der Waals surface area contributed by atoms with Crippen molar-refractivity contribution in [1.29, 1.82) is 0 Å². The molecule has 0 fully saturated rings. The smallest absolute Gasteiger partial charge is 0.336 e. The van der Waals surface area contributed by atoms with Crippen LogP contribution >= 0.6 is 22.6 Å². The van der Waals surface area contributed by atoms with E-state index in [-0.39, 0.29) is 10.5 Å². The van der Waals surface area contributed by atoms with Gasteiger partial charge >= 0.3 is 5.97 Å². The highest BCUT2D eigenvalue weighted by Gasteiger charge is 2.12. The molecule has 0 bridgehead atoms. The van der Waals surface area contributed by atoms with Gasteiger partial charge in [-0.05, 0) is 40.8 Å². The molecule has 0 amide bonds. The second kappa shape index (κ2) is 3.85. The van der Waals surface area contributed by atoms with Crippen molar-refractivity contribution in [2.45, 2.75) is 4.90 Å². The highest BCUT2D eigenvalue weighted by atomic mass is 127. The maximum absolute atomic E-state index is 11.1. The lowest BCUT2D eigenvalue weighted by molar-refractivity contribution is 0.0695. The van der Waals surface area contributed by atoms with Crippen LogP contribution in [-0.4, -0.2) is 25.7 Å². The van der Waals surface area contributed by atoms with E-state index in [1.54, 1.807) is 22.6 Å². The largest absolute Gasteiger partial charge is 0.478 e. The molecule has 1 N–H and O–H groups in total. The molecule has 6 heteroatoms. The molecule has 1 aromatic carbocycles. The third kappa shape index (κ3) is 2.44. The van der Waals surface area contributed by atoms with Crippen LogP contribution in [0.4, 0.5) is 0 Å². The van der Waals surface area contributed by atoms with E-state index in [2.05, 4.69) is 0 Å². The number of carbonyl (C=O) groups is 1. The molecular weight excluding hydrogens is 319 g/mol. The van der Waals surface area contributed by atoms with Gasteiger partial charge in [-0.25, -0.2) is 13.2 Å². The van der Waals surface area contributed by atoms with Crippen LogP contribution in [0.1, 0.15) is 10.4 Å². The molecule has 1 aromatic rings. The quantitative estimate of drug-likeness (QED) is 0.834. The van der Waals surface area contributed by atoms with Crippen LogP contribution in [0.3, 0.4) is 0 Å². The van der Waals surface area contributed by atoms with Crippen molar-refractivity contribution < 1.29 is 18.3 Å². The third-order valence-electron chi connectivity index (χ3n) is 1.60. The van der Waals surface area contributed by atoms with Crippen molar-refractivity contribution in [2.24, 2.45) is 0 Å². The van der Waals surface area contributed by atoms with Crippen molar-refractivity contribution >= 4 is 38.4 Å². The van der Waals surface area contributed by atoms with Crippen LogP contribution in [-0.2, 0) is 9.84 Å². The topological polar surface area (TPSA) is 71.4 Å². The number of rotatable bonds is 2. The van der Waals surface area contributed by atoms with E-state index in [0.717, 1.165) is 6.26 Å². The Balaban J connectivity index is 3.34. The number of sulfone groups is 1. The van der Waals surface area contributed by atoms with Crippen molar-refractivity contribution in [3.05, 3.63) is 27.3 Å². The molecule has 0 saturated heterocycles. The number of hydrogen-bond acceptors (Lipinski definition) is 3. The maximum atomic E-state index is 11.1. The Morgan fingerprint density at radius 3 is 2.36 bits per heavy atom. The van der Waals surface area contributed by atoms with Gasteiger partial charge in [0.25, 0.3) is 0 Å². The molecule has 0 radical (unpaired) electrons. The maximum Gasteiger partial charge on any atom is 0.336 e. The van der Waals surface area contributed by atoms with Crippen molar-refractivity contribution in [1.82, 2.24) is 0 Å². The summed E-state index contributed by atoms with van der Waals surface area (Å²) in [4.78, 5) is 10.8. The van der Waals surface area contributed by atoms with Gasteiger partial charge < -0.3 is 5.11 Å².